The molecule has 0 aromatic heterocycles. The standard InChI is InChI=1S/C78H128N6O57/c1-19(94)79-37-25(100)7-77(75(119)120,138-61(37)43(104)27(102)9-85)140-65-46(107)30(12-88)126-73(55(65)116)134-58-33(15-91)128-68(40(50(58)111)82-22(4)97)123-18-36-48(109)64(54(115)72(131-36)133-59-34(16-92)129-69(41(51(59)112)83-23(5)98)136-63-45(106)29(11-87)125-71(53(63)114)132-57-32(14-90)124-67(118)39(49(57)110)81-21(3)96)137-70-42(84-24(6)99)52(113)60(35(17-93)130-70)135-74-56(117)66(47(108)31(13-89)127-74)141-78(76(121)122)8-26(101)38(80-20(2)95)62(139-78)44(105)28(103)10-86/h25-74,85-93,100-118H,7-18H2,1-6H3,(H,79,94)(H,80,95)(H,81,96)(H,82,97)(H,83,98)(H,84,99)(H,119,120)(H,121,122)/t25-,26-,27+,28+,29+,30+,31+,32+,33+,34+,35+,36+,37+,38+,39+,40+,41+,42+,43+,44+,45-,46-,47-,48-,49+,50+,51+,52+,53+,54+,55+,56+,57+,58+,59+,60+,61+,62+,63-,64-,65-,66-,67+,68+,69-,70-,71-,72-,73-,74-,77-,78-/m0/s1. The van der Waals surface area contributed by atoms with E-state index in [1.54, 1.807) is 0 Å². The van der Waals surface area contributed by atoms with Crippen molar-refractivity contribution in [3.63, 3.8) is 0 Å². The third-order valence-corrected chi connectivity index (χ3v) is 25.2. The number of carboxylic acids is 2. The molecular weight excluding hydrogens is 1930 g/mol. The predicted molar refractivity (Wildman–Crippen MR) is 434 cm³/mol. The van der Waals surface area contributed by atoms with Gasteiger partial charge in [-0.05, 0) is 0 Å². The molecule has 0 radical (unpaired) electrons. The van der Waals surface area contributed by atoms with E-state index in [2.05, 4.69) is 31.9 Å². The van der Waals surface area contributed by atoms with Crippen molar-refractivity contribution in [3.05, 3.63) is 0 Å². The summed E-state index contributed by atoms with van der Waals surface area (Å²) in [5.41, 5.74) is 0. The average molecular weight is 2060 g/mol. The molecule has 0 bridgehead atoms. The molecule has 0 aromatic carbocycles. The summed E-state index contributed by atoms with van der Waals surface area (Å²) in [5.74, 6) is -16.9. The van der Waals surface area contributed by atoms with Crippen LogP contribution >= 0.6 is 0 Å². The summed E-state index contributed by atoms with van der Waals surface area (Å²) in [6.07, 6.45) is -102. The molecule has 6 amide bonds. The fourth-order valence-corrected chi connectivity index (χ4v) is 18.2. The van der Waals surface area contributed by atoms with Crippen LogP contribution in [-0.2, 0) is 128 Å². The largest absolute Gasteiger partial charge is 0.477 e. The van der Waals surface area contributed by atoms with E-state index >= 15 is 0 Å². The Balaban J connectivity index is 0.965. The molecule has 10 fully saturated rings. The van der Waals surface area contributed by atoms with Gasteiger partial charge in [-0.25, -0.2) is 9.59 Å². The Morgan fingerprint density at radius 1 is 0.291 bits per heavy atom. The van der Waals surface area contributed by atoms with Gasteiger partial charge in [-0.1, -0.05) is 0 Å². The first-order chi connectivity index (χ1) is 66.4. The van der Waals surface area contributed by atoms with Crippen molar-refractivity contribution >= 4 is 47.4 Å². The number of aliphatic hydroxyl groups excluding tert-OH is 28. The summed E-state index contributed by atoms with van der Waals surface area (Å²) >= 11 is 0. The number of aliphatic hydroxyl groups is 28. The van der Waals surface area contributed by atoms with Crippen LogP contribution in [-0.4, -0.2) is 585 Å². The van der Waals surface area contributed by atoms with Crippen molar-refractivity contribution in [1.29, 1.82) is 0 Å². The fraction of sp³-hybridized carbons (Fsp3) is 0.897. The van der Waals surface area contributed by atoms with Gasteiger partial charge in [0.25, 0.3) is 11.6 Å². The first kappa shape index (κ1) is 117. The van der Waals surface area contributed by atoms with Gasteiger partial charge < -0.3 is 275 Å². The third-order valence-electron chi connectivity index (χ3n) is 25.2. The van der Waals surface area contributed by atoms with Gasteiger partial charge in [-0.3, -0.25) is 28.8 Å². The number of amides is 6. The molecule has 0 unspecified atom stereocenters. The van der Waals surface area contributed by atoms with E-state index in [1.165, 1.54) is 0 Å². The number of aliphatic carboxylic acids is 2. The second-order valence-electron chi connectivity index (χ2n) is 35.3. The summed E-state index contributed by atoms with van der Waals surface area (Å²) in [6, 6.07) is -11.6. The lowest BCUT2D eigenvalue weighted by molar-refractivity contribution is -0.393. The van der Waals surface area contributed by atoms with Crippen LogP contribution in [0.4, 0.5) is 0 Å². The number of nitrogens with one attached hydrogen (secondary N) is 6. The van der Waals surface area contributed by atoms with E-state index in [1.807, 2.05) is 0 Å². The fourth-order valence-electron chi connectivity index (χ4n) is 18.2. The number of carbonyl (C=O) groups is 8. The second kappa shape index (κ2) is 50.3. The van der Waals surface area contributed by atoms with Crippen LogP contribution in [0.25, 0.3) is 0 Å². The van der Waals surface area contributed by atoms with E-state index in [9.17, 15) is 192 Å². The minimum atomic E-state index is -3.36. The Kier molecular flexibility index (Phi) is 41.6. The minimum Gasteiger partial charge on any atom is -0.477 e. The Morgan fingerprint density at radius 2 is 0.532 bits per heavy atom. The van der Waals surface area contributed by atoms with Crippen LogP contribution in [0.1, 0.15) is 54.4 Å². The zero-order valence-electron chi connectivity index (χ0n) is 75.8. The molecule has 0 aliphatic carbocycles. The minimum absolute atomic E-state index is 0.809. The molecule has 0 saturated carbocycles. The molecule has 0 aromatic rings. The van der Waals surface area contributed by atoms with Crippen LogP contribution in [0.2, 0.25) is 0 Å². The maximum atomic E-state index is 13.4. The average Bonchev–Trinajstić information content (AvgIpc) is 0.732. The lowest BCUT2D eigenvalue weighted by Crippen LogP contribution is -2.71. The van der Waals surface area contributed by atoms with Crippen molar-refractivity contribution in [3.8, 4) is 0 Å². The Hall–Kier alpha value is -6.12. The Bertz CT molecular complexity index is 4060. The number of hydrogen-bond acceptors (Lipinski definition) is 55. The second-order valence-corrected chi connectivity index (χ2v) is 35.3. The van der Waals surface area contributed by atoms with Gasteiger partial charge in [-0.2, -0.15) is 0 Å². The van der Waals surface area contributed by atoms with Gasteiger partial charge in [0.15, 0.2) is 50.3 Å². The Morgan fingerprint density at radius 3 is 0.830 bits per heavy atom. The lowest BCUT2D eigenvalue weighted by atomic mass is 9.88. The molecule has 10 saturated heterocycles. The SMILES string of the molecule is CC(=O)N[C@@H]1[C@@H](O)[C@H](O[C@@H]2O[C@H](CO)[C@H](O)[C@H](O[C@@H]3O[C@H](CO)[C@@H](O[C@@H]4O[C@H](CO[C@@H]5O[C@H](CO)[C@@H](O[C@@H]6O[C@H](CO)[C@H](O)[C@H](O[C@]7(C(=O)O)C[C@H](O)[C@@H](NC(C)=O)[C@H]([C@H](O)[C@H](O)CO)O7)[C@H]6O)[C@H](O)[C@H]5NC(C)=O)[C@H](O)[C@H](O[C@@H]5O[C@H](CO)[C@@H](O[C@@H]6O[C@H](CO)[C@H](O)[C@H](O[C@]7(C(=O)O)C[C@H](O)[C@@H](NC(C)=O)[C@H]([C@H](O)[C@H](O)CO)O7)[C@H]6O)[C@H](O)[C@H]5NC(C)=O)[C@H]4O)[C@H](O)[C@H]3NC(C)=O)[C@H]2O)[C@@H](CO)O[C@H]1O. The normalized spacial score (nSPS) is 45.4. The molecular formula is C78H128N6O57. The van der Waals surface area contributed by atoms with Crippen molar-refractivity contribution < 1.29 is 282 Å². The maximum Gasteiger partial charge on any atom is 0.364 e. The van der Waals surface area contributed by atoms with E-state index in [0.717, 1.165) is 41.5 Å². The zero-order valence-corrected chi connectivity index (χ0v) is 75.8. The quantitative estimate of drug-likeness (QED) is 0.0271. The van der Waals surface area contributed by atoms with Crippen LogP contribution in [0.5, 0.6) is 0 Å². The number of rotatable bonds is 40. The molecule has 10 aliphatic rings. The highest BCUT2D eigenvalue weighted by Gasteiger charge is 2.66. The zero-order chi connectivity index (χ0) is 105. The highest BCUT2D eigenvalue weighted by atomic mass is 16.8. The number of carbonyl (C=O) groups excluding carboxylic acids is 6. The molecule has 10 aliphatic heterocycles. The van der Waals surface area contributed by atoms with Crippen molar-refractivity contribution in [2.45, 2.75) is 372 Å². The molecule has 10 rings (SSSR count). The molecule has 10 heterocycles. The van der Waals surface area contributed by atoms with E-state index in [-0.39, 0.29) is 0 Å². The molecule has 812 valence electrons. The molecule has 63 heteroatoms. The van der Waals surface area contributed by atoms with Crippen LogP contribution in [0.15, 0.2) is 0 Å². The first-order valence-corrected chi connectivity index (χ1v) is 44.4. The van der Waals surface area contributed by atoms with E-state index in [4.69, 9.17) is 90.0 Å². The highest BCUT2D eigenvalue weighted by Crippen LogP contribution is 2.44. The van der Waals surface area contributed by atoms with Crippen molar-refractivity contribution in [2.75, 3.05) is 66.1 Å². The van der Waals surface area contributed by atoms with Gasteiger partial charge >= 0.3 is 11.9 Å². The number of ether oxygens (including phenoxy) is 19. The lowest BCUT2D eigenvalue weighted by Gasteiger charge is -2.52. The molecule has 141 heavy (non-hydrogen) atoms. The smallest absolute Gasteiger partial charge is 0.364 e. The molecule has 52 atom stereocenters. The predicted octanol–water partition coefficient (Wildman–Crippen LogP) is -23.5. The highest BCUT2D eigenvalue weighted by molar-refractivity contribution is 5.78. The number of hydrogen-bond donors (Lipinski definition) is 36. The summed E-state index contributed by atoms with van der Waals surface area (Å²) in [4.78, 5) is 103. The molecule has 0 spiro atoms. The summed E-state index contributed by atoms with van der Waals surface area (Å²) in [5, 5.41) is 352. The van der Waals surface area contributed by atoms with E-state index < -0.39 is 444 Å². The van der Waals surface area contributed by atoms with Gasteiger partial charge in [0.2, 0.25) is 35.4 Å². The molecule has 63 nitrogen and oxygen atoms in total. The third kappa shape index (κ3) is 26.1. The monoisotopic (exact) mass is 2060 g/mol. The first-order valence-electron chi connectivity index (χ1n) is 44.4. The molecule has 36 N–H and O–H groups in total. The Labute approximate surface area is 796 Å². The van der Waals surface area contributed by atoms with Crippen LogP contribution in [0.3, 0.4) is 0 Å². The van der Waals surface area contributed by atoms with Gasteiger partial charge in [0, 0.05) is 54.4 Å². The topological polar surface area (TPSA) is 991 Å². The van der Waals surface area contributed by atoms with Gasteiger partial charge in [-0.15, -0.1) is 0 Å². The van der Waals surface area contributed by atoms with Crippen molar-refractivity contribution in [1.82, 2.24) is 31.9 Å². The van der Waals surface area contributed by atoms with Crippen LogP contribution in [0, 0.1) is 0 Å². The van der Waals surface area contributed by atoms with E-state index in [0.29, 0.717) is 0 Å². The summed E-state index contributed by atoms with van der Waals surface area (Å²) in [6.45, 7) is -6.98. The van der Waals surface area contributed by atoms with Gasteiger partial charge in [0.1, 0.15) is 232 Å². The summed E-state index contributed by atoms with van der Waals surface area (Å²) in [7, 11) is 0. The van der Waals surface area contributed by atoms with Crippen LogP contribution < -0.4 is 31.9 Å². The van der Waals surface area contributed by atoms with Crippen molar-refractivity contribution in [2.24, 2.45) is 0 Å². The summed E-state index contributed by atoms with van der Waals surface area (Å²) < 4.78 is 112. The maximum absolute atomic E-state index is 13.4. The number of carboxylic acid groups (broad SMARTS) is 2. The van der Waals surface area contributed by atoms with Gasteiger partial charge in [0.05, 0.1) is 90.4 Å².